The molecule has 0 aliphatic heterocycles. The van der Waals surface area contributed by atoms with Crippen molar-refractivity contribution in [2.24, 2.45) is 5.92 Å². The number of esters is 2. The monoisotopic (exact) mass is 334 g/mol. The zero-order chi connectivity index (χ0) is 16.8. The van der Waals surface area contributed by atoms with Gasteiger partial charge in [0.05, 0.1) is 12.0 Å². The Hall–Kier alpha value is -0.770. The largest absolute Gasteiger partial charge is 0.465 e. The molecule has 0 N–H and O–H groups in total. The van der Waals surface area contributed by atoms with Crippen molar-refractivity contribution in [1.82, 2.24) is 0 Å². The predicted molar refractivity (Wildman–Crippen MR) is 89.0 cm³/mol. The Morgan fingerprint density at radius 2 is 1.18 bits per heavy atom. The summed E-state index contributed by atoms with van der Waals surface area (Å²) in [6, 6.07) is 0. The van der Waals surface area contributed by atoms with Gasteiger partial charge in [-0.05, 0) is 25.7 Å². The number of rotatable bonds is 13. The Morgan fingerprint density at radius 1 is 0.773 bits per heavy atom. The fourth-order valence-electron chi connectivity index (χ4n) is 1.86. The van der Waals surface area contributed by atoms with Gasteiger partial charge in [-0.15, -0.1) is 11.6 Å². The van der Waals surface area contributed by atoms with Gasteiger partial charge in [0.1, 0.15) is 6.61 Å². The van der Waals surface area contributed by atoms with Gasteiger partial charge in [-0.25, -0.2) is 0 Å². The van der Waals surface area contributed by atoms with Gasteiger partial charge < -0.3 is 9.47 Å². The summed E-state index contributed by atoms with van der Waals surface area (Å²) in [4.78, 5) is 22.7. The highest BCUT2D eigenvalue weighted by Crippen LogP contribution is 2.10. The van der Waals surface area contributed by atoms with Crippen molar-refractivity contribution in [2.45, 2.75) is 77.5 Å². The van der Waals surface area contributed by atoms with E-state index in [2.05, 4.69) is 0 Å². The fraction of sp³-hybridized carbons (Fsp3) is 0.882. The topological polar surface area (TPSA) is 52.6 Å². The first-order valence-corrected chi connectivity index (χ1v) is 8.80. The summed E-state index contributed by atoms with van der Waals surface area (Å²) in [6.45, 7) is 6.65. The highest BCUT2D eigenvalue weighted by molar-refractivity contribution is 6.20. The van der Waals surface area contributed by atoms with E-state index in [0.717, 1.165) is 38.5 Å². The highest BCUT2D eigenvalue weighted by Gasteiger charge is 2.06. The molecule has 0 bridgehead atoms. The molecule has 130 valence electrons. The minimum atomic E-state index is -0.166. The normalized spacial score (nSPS) is 12.2. The second-order valence-corrected chi connectivity index (χ2v) is 6.91. The third kappa shape index (κ3) is 15.6. The SMILES string of the molecule is CC(C)COC(=O)CCCCCCCCC(=O)OCC(C)Cl. The van der Waals surface area contributed by atoms with Crippen LogP contribution in [0.4, 0.5) is 0 Å². The summed E-state index contributed by atoms with van der Waals surface area (Å²) in [7, 11) is 0. The van der Waals surface area contributed by atoms with Crippen LogP contribution in [0, 0.1) is 5.92 Å². The smallest absolute Gasteiger partial charge is 0.305 e. The quantitative estimate of drug-likeness (QED) is 0.283. The first-order chi connectivity index (χ1) is 10.4. The van der Waals surface area contributed by atoms with E-state index in [1.807, 2.05) is 13.8 Å². The van der Waals surface area contributed by atoms with Crippen LogP contribution in [0.15, 0.2) is 0 Å². The highest BCUT2D eigenvalue weighted by atomic mass is 35.5. The van der Waals surface area contributed by atoms with Crippen LogP contribution in [0.3, 0.4) is 0 Å². The zero-order valence-corrected chi connectivity index (χ0v) is 15.0. The minimum absolute atomic E-state index is 0.0926. The molecule has 0 spiro atoms. The standard InChI is InChI=1S/C17H31ClO4/c1-14(2)12-21-16(19)10-8-6-4-5-7-9-11-17(20)22-13-15(3)18/h14-15H,4-13H2,1-3H3. The predicted octanol–water partition coefficient (Wildman–Crippen LogP) is 4.48. The Labute approximate surface area is 139 Å². The molecule has 0 aromatic rings. The molecule has 1 unspecified atom stereocenters. The first-order valence-electron chi connectivity index (χ1n) is 8.37. The summed E-state index contributed by atoms with van der Waals surface area (Å²) in [6.07, 6.45) is 6.93. The van der Waals surface area contributed by atoms with E-state index in [4.69, 9.17) is 21.1 Å². The summed E-state index contributed by atoms with van der Waals surface area (Å²) in [5.74, 6) is 0.133. The summed E-state index contributed by atoms with van der Waals surface area (Å²) in [5.41, 5.74) is 0. The summed E-state index contributed by atoms with van der Waals surface area (Å²) >= 11 is 5.70. The Bertz CT molecular complexity index is 273. The van der Waals surface area contributed by atoms with Crippen LogP contribution in [0.25, 0.3) is 0 Å². The van der Waals surface area contributed by atoms with Gasteiger partial charge in [-0.2, -0.15) is 0 Å². The van der Waals surface area contributed by atoms with Crippen molar-refractivity contribution in [1.29, 1.82) is 0 Å². The third-order valence-corrected chi connectivity index (χ3v) is 3.19. The van der Waals surface area contributed by atoms with Crippen LogP contribution >= 0.6 is 11.6 Å². The van der Waals surface area contributed by atoms with Crippen molar-refractivity contribution < 1.29 is 19.1 Å². The molecule has 0 aliphatic carbocycles. The second kappa shape index (κ2) is 13.9. The fourth-order valence-corrected chi connectivity index (χ4v) is 1.92. The lowest BCUT2D eigenvalue weighted by Crippen LogP contribution is -2.11. The van der Waals surface area contributed by atoms with E-state index in [0.29, 0.717) is 25.4 Å². The van der Waals surface area contributed by atoms with Crippen molar-refractivity contribution >= 4 is 23.5 Å². The van der Waals surface area contributed by atoms with Gasteiger partial charge in [0.15, 0.2) is 0 Å². The lowest BCUT2D eigenvalue weighted by atomic mass is 10.1. The number of ether oxygens (including phenoxy) is 2. The van der Waals surface area contributed by atoms with Crippen molar-refractivity contribution in [2.75, 3.05) is 13.2 Å². The van der Waals surface area contributed by atoms with Crippen molar-refractivity contribution in [3.63, 3.8) is 0 Å². The number of halogens is 1. The molecular formula is C17H31ClO4. The van der Waals surface area contributed by atoms with Crippen LogP contribution in [0.1, 0.15) is 72.1 Å². The molecular weight excluding hydrogens is 304 g/mol. The molecule has 0 radical (unpaired) electrons. The summed E-state index contributed by atoms with van der Waals surface area (Å²) < 4.78 is 10.1. The molecule has 0 aromatic carbocycles. The van der Waals surface area contributed by atoms with Crippen LogP contribution in [-0.4, -0.2) is 30.5 Å². The van der Waals surface area contributed by atoms with E-state index in [-0.39, 0.29) is 23.9 Å². The Balaban J connectivity index is 3.30. The zero-order valence-electron chi connectivity index (χ0n) is 14.2. The van der Waals surface area contributed by atoms with E-state index in [9.17, 15) is 9.59 Å². The van der Waals surface area contributed by atoms with E-state index >= 15 is 0 Å². The molecule has 1 atom stereocenters. The van der Waals surface area contributed by atoms with Crippen LogP contribution in [-0.2, 0) is 19.1 Å². The average molecular weight is 335 g/mol. The van der Waals surface area contributed by atoms with Gasteiger partial charge in [0, 0.05) is 12.8 Å². The van der Waals surface area contributed by atoms with Gasteiger partial charge in [-0.1, -0.05) is 39.5 Å². The number of hydrogen-bond acceptors (Lipinski definition) is 4. The number of carbonyl (C=O) groups is 2. The molecule has 0 fully saturated rings. The van der Waals surface area contributed by atoms with Crippen LogP contribution < -0.4 is 0 Å². The minimum Gasteiger partial charge on any atom is -0.465 e. The number of hydrogen-bond donors (Lipinski definition) is 0. The van der Waals surface area contributed by atoms with Crippen molar-refractivity contribution in [3.05, 3.63) is 0 Å². The molecule has 0 aromatic heterocycles. The average Bonchev–Trinajstić information content (AvgIpc) is 2.45. The molecule has 0 aliphatic rings. The van der Waals surface area contributed by atoms with E-state index in [1.165, 1.54) is 0 Å². The van der Waals surface area contributed by atoms with Crippen molar-refractivity contribution in [3.8, 4) is 0 Å². The maximum absolute atomic E-state index is 11.4. The van der Waals surface area contributed by atoms with Gasteiger partial charge in [-0.3, -0.25) is 9.59 Å². The Kier molecular flexibility index (Phi) is 13.4. The second-order valence-electron chi connectivity index (χ2n) is 6.16. The molecule has 0 saturated carbocycles. The lowest BCUT2D eigenvalue weighted by molar-refractivity contribution is -0.145. The number of alkyl halides is 1. The van der Waals surface area contributed by atoms with Gasteiger partial charge >= 0.3 is 11.9 Å². The molecule has 5 heteroatoms. The van der Waals surface area contributed by atoms with E-state index < -0.39 is 0 Å². The van der Waals surface area contributed by atoms with Gasteiger partial charge in [0.2, 0.25) is 0 Å². The number of carbonyl (C=O) groups excluding carboxylic acids is 2. The Morgan fingerprint density at radius 3 is 1.59 bits per heavy atom. The molecule has 0 heterocycles. The molecule has 0 saturated heterocycles. The molecule has 0 rings (SSSR count). The number of unbranched alkanes of at least 4 members (excludes halogenated alkanes) is 5. The van der Waals surface area contributed by atoms with Gasteiger partial charge in [0.25, 0.3) is 0 Å². The first kappa shape index (κ1) is 21.2. The third-order valence-electron chi connectivity index (χ3n) is 3.06. The van der Waals surface area contributed by atoms with Crippen LogP contribution in [0.5, 0.6) is 0 Å². The molecule has 22 heavy (non-hydrogen) atoms. The maximum atomic E-state index is 11.4. The van der Waals surface area contributed by atoms with E-state index in [1.54, 1.807) is 6.92 Å². The molecule has 0 amide bonds. The summed E-state index contributed by atoms with van der Waals surface area (Å²) in [5, 5.41) is -0.129. The lowest BCUT2D eigenvalue weighted by Gasteiger charge is -2.07. The van der Waals surface area contributed by atoms with Crippen LogP contribution in [0.2, 0.25) is 0 Å². The molecule has 4 nitrogen and oxygen atoms in total. The maximum Gasteiger partial charge on any atom is 0.305 e.